The highest BCUT2D eigenvalue weighted by atomic mass is 16.5. The molecule has 2 aromatic heterocycles. The Labute approximate surface area is 256 Å². The Hall–Kier alpha value is -3.58. The number of nitrogens with zero attached hydrogens (tertiary/aromatic N) is 3. The summed E-state index contributed by atoms with van der Waals surface area (Å²) in [5, 5.41) is 5.52. The van der Waals surface area contributed by atoms with Crippen LogP contribution in [0, 0.1) is 0 Å². The number of likely N-dealkylation sites (N-methyl/N-ethyl adjacent to an activating group) is 1. The second-order valence-corrected chi connectivity index (χ2v) is 11.9. The number of carbonyl (C=O) groups excluding carboxylic acids is 2. The van der Waals surface area contributed by atoms with Gasteiger partial charge in [0.15, 0.2) is 0 Å². The first-order valence-electron chi connectivity index (χ1n) is 16.3. The van der Waals surface area contributed by atoms with Gasteiger partial charge in [0.05, 0.1) is 23.9 Å². The zero-order valence-electron chi connectivity index (χ0n) is 26.7. The van der Waals surface area contributed by atoms with Gasteiger partial charge in [-0.3, -0.25) is 4.79 Å². The number of methoxy groups -OCH3 is 1. The summed E-state index contributed by atoms with van der Waals surface area (Å²) >= 11 is 0. The lowest BCUT2D eigenvalue weighted by atomic mass is 9.86. The molecule has 0 radical (unpaired) electrons. The number of aromatic nitrogens is 2. The molecule has 0 atom stereocenters. The van der Waals surface area contributed by atoms with Crippen molar-refractivity contribution in [3.05, 3.63) is 59.3 Å². The summed E-state index contributed by atoms with van der Waals surface area (Å²) in [6, 6.07) is 14.6. The predicted octanol–water partition coefficient (Wildman–Crippen LogP) is 7.60. The van der Waals surface area contributed by atoms with Gasteiger partial charge in [-0.1, -0.05) is 64.8 Å². The molecule has 0 aliphatic carbocycles. The smallest absolute Gasteiger partial charge is 0.337 e. The maximum Gasteiger partial charge on any atom is 0.337 e. The fourth-order valence-corrected chi connectivity index (χ4v) is 7.17. The second-order valence-electron chi connectivity index (χ2n) is 11.9. The van der Waals surface area contributed by atoms with Crippen LogP contribution >= 0.6 is 0 Å². The summed E-state index contributed by atoms with van der Waals surface area (Å²) in [6.45, 7) is 14.0. The minimum Gasteiger partial charge on any atom is -0.465 e. The van der Waals surface area contributed by atoms with E-state index in [1.54, 1.807) is 0 Å². The molecule has 0 saturated carbocycles. The lowest BCUT2D eigenvalue weighted by Gasteiger charge is -2.23. The predicted molar refractivity (Wildman–Crippen MR) is 176 cm³/mol. The van der Waals surface area contributed by atoms with Crippen molar-refractivity contribution in [1.82, 2.24) is 19.4 Å². The Morgan fingerprint density at radius 3 is 2.42 bits per heavy atom. The molecule has 1 aliphatic heterocycles. The Morgan fingerprint density at radius 1 is 0.953 bits per heavy atom. The van der Waals surface area contributed by atoms with Crippen molar-refractivity contribution < 1.29 is 14.3 Å². The van der Waals surface area contributed by atoms with Gasteiger partial charge in [0.2, 0.25) is 0 Å². The molecule has 5 rings (SSSR count). The second kappa shape index (κ2) is 13.8. The molecule has 2 aromatic carbocycles. The number of amides is 1. The van der Waals surface area contributed by atoms with Crippen molar-refractivity contribution >= 4 is 33.7 Å². The van der Waals surface area contributed by atoms with E-state index in [0.29, 0.717) is 18.0 Å². The third kappa shape index (κ3) is 5.97. The first-order chi connectivity index (χ1) is 21.0. The van der Waals surface area contributed by atoms with Crippen molar-refractivity contribution in [2.24, 2.45) is 0 Å². The number of rotatable bonds is 13. The van der Waals surface area contributed by atoms with E-state index in [9.17, 15) is 9.59 Å². The van der Waals surface area contributed by atoms with Crippen LogP contribution in [0.15, 0.2) is 42.5 Å². The van der Waals surface area contributed by atoms with Gasteiger partial charge < -0.3 is 24.1 Å². The topological polar surface area (TPSA) is 68.5 Å². The van der Waals surface area contributed by atoms with E-state index < -0.39 is 0 Å². The number of aryl methyl sites for hydroxylation is 2. The van der Waals surface area contributed by atoms with Crippen molar-refractivity contribution in [3.8, 4) is 11.3 Å². The molecule has 7 nitrogen and oxygen atoms in total. The summed E-state index contributed by atoms with van der Waals surface area (Å²) in [5.41, 5.74) is 7.30. The maximum absolute atomic E-state index is 13.6. The Balaban J connectivity index is 1.67. The van der Waals surface area contributed by atoms with Crippen LogP contribution in [0.25, 0.3) is 33.1 Å². The number of hydrogen-bond acceptors (Lipinski definition) is 4. The van der Waals surface area contributed by atoms with E-state index in [1.807, 2.05) is 12.1 Å². The Morgan fingerprint density at radius 2 is 1.72 bits per heavy atom. The number of para-hydroxylation sites is 1. The molecule has 4 aromatic rings. The number of esters is 1. The van der Waals surface area contributed by atoms with Gasteiger partial charge in [-0.05, 0) is 68.5 Å². The zero-order chi connectivity index (χ0) is 30.5. The van der Waals surface area contributed by atoms with E-state index in [4.69, 9.17) is 4.74 Å². The van der Waals surface area contributed by atoms with Crippen LogP contribution in [0.3, 0.4) is 0 Å². The van der Waals surface area contributed by atoms with Crippen LogP contribution in [0.1, 0.15) is 98.5 Å². The number of nitrogens with one attached hydrogen (secondary N) is 1. The highest BCUT2D eigenvalue weighted by Gasteiger charge is 2.29. The molecular formula is C36H48N4O3. The highest BCUT2D eigenvalue weighted by molar-refractivity contribution is 6.06. The summed E-state index contributed by atoms with van der Waals surface area (Å²) in [6.07, 6.45) is 6.42. The van der Waals surface area contributed by atoms with Gasteiger partial charge in [0, 0.05) is 48.0 Å². The Kier molecular flexibility index (Phi) is 9.91. The van der Waals surface area contributed by atoms with Gasteiger partial charge in [-0.15, -0.1) is 0 Å². The van der Waals surface area contributed by atoms with E-state index in [1.165, 1.54) is 29.3 Å². The van der Waals surface area contributed by atoms with Crippen molar-refractivity contribution in [3.63, 3.8) is 0 Å². The van der Waals surface area contributed by atoms with Crippen molar-refractivity contribution in [1.29, 1.82) is 0 Å². The molecule has 3 heterocycles. The summed E-state index contributed by atoms with van der Waals surface area (Å²) in [7, 11) is 1.44. The van der Waals surface area contributed by atoms with Crippen molar-refractivity contribution in [2.45, 2.75) is 85.2 Å². The maximum atomic E-state index is 13.6. The molecule has 0 bridgehead atoms. The molecule has 1 N–H and O–H groups in total. The fourth-order valence-electron chi connectivity index (χ4n) is 7.17. The molecule has 0 spiro atoms. The first-order valence-corrected chi connectivity index (χ1v) is 16.3. The minimum atomic E-state index is -0.313. The van der Waals surface area contributed by atoms with Crippen LogP contribution < -0.4 is 5.32 Å². The molecule has 230 valence electrons. The van der Waals surface area contributed by atoms with E-state index in [0.717, 1.165) is 93.4 Å². The van der Waals surface area contributed by atoms with Gasteiger partial charge in [0.1, 0.15) is 5.69 Å². The summed E-state index contributed by atoms with van der Waals surface area (Å²) in [5.74, 6) is 0.0868. The minimum absolute atomic E-state index is 0.00592. The summed E-state index contributed by atoms with van der Waals surface area (Å²) < 4.78 is 9.78. The lowest BCUT2D eigenvalue weighted by Crippen LogP contribution is -2.36. The Bertz CT molecular complexity index is 1590. The van der Waals surface area contributed by atoms with Gasteiger partial charge >= 0.3 is 5.97 Å². The van der Waals surface area contributed by atoms with Crippen molar-refractivity contribution in [2.75, 3.05) is 33.3 Å². The highest BCUT2D eigenvalue weighted by Crippen LogP contribution is 2.45. The normalized spacial score (nSPS) is 13.0. The number of carbonyl (C=O) groups is 2. The lowest BCUT2D eigenvalue weighted by molar-refractivity contribution is 0.0600. The SMILES string of the molecule is CCCC(CCC)c1c2n(c3cc(C(=O)OC)ccc13)CCCn1c(C(=O)NCCN(CC)CCC)cc3cccc-2c31. The zero-order valence-corrected chi connectivity index (χ0v) is 26.7. The van der Waals surface area contributed by atoms with Gasteiger partial charge in [-0.2, -0.15) is 0 Å². The van der Waals surface area contributed by atoms with E-state index in [2.05, 4.69) is 77.4 Å². The van der Waals surface area contributed by atoms with E-state index in [-0.39, 0.29) is 11.9 Å². The molecule has 1 amide bonds. The molecule has 0 unspecified atom stereocenters. The van der Waals surface area contributed by atoms with Crippen LogP contribution in [-0.4, -0.2) is 59.2 Å². The number of fused-ring (bicyclic) bond motifs is 4. The van der Waals surface area contributed by atoms with Crippen LogP contribution in [0.2, 0.25) is 0 Å². The molecule has 7 heteroatoms. The summed E-state index contributed by atoms with van der Waals surface area (Å²) in [4.78, 5) is 28.6. The molecule has 0 fully saturated rings. The third-order valence-electron chi connectivity index (χ3n) is 9.08. The first kappa shape index (κ1) is 30.9. The molecule has 1 aliphatic rings. The average Bonchev–Trinajstić information content (AvgIpc) is 3.54. The quantitative estimate of drug-likeness (QED) is 0.164. The number of benzene rings is 2. The number of hydrogen-bond donors (Lipinski definition) is 1. The third-order valence-corrected chi connectivity index (χ3v) is 9.08. The standard InChI is InChI=1S/C36H48N4O3/c1-6-12-25(13-7-2)32-28-17-16-27(36(42)43-5)24-30(28)39-20-11-21-40-31(35(41)37-18-22-38(9-4)19-8-3)23-26-14-10-15-29(33(26)40)34(32)39/h10,14-17,23-25H,6-9,11-13,18-22H2,1-5H3,(H,37,41). The molecule has 0 saturated heterocycles. The average molecular weight is 585 g/mol. The van der Waals surface area contributed by atoms with E-state index >= 15 is 0 Å². The van der Waals surface area contributed by atoms with Crippen LogP contribution in [-0.2, 0) is 17.8 Å². The van der Waals surface area contributed by atoms with Crippen LogP contribution in [0.4, 0.5) is 0 Å². The largest absolute Gasteiger partial charge is 0.465 e. The van der Waals surface area contributed by atoms with Gasteiger partial charge in [-0.25, -0.2) is 4.79 Å². The van der Waals surface area contributed by atoms with Gasteiger partial charge in [0.25, 0.3) is 5.91 Å². The fraction of sp³-hybridized carbons (Fsp3) is 0.500. The monoisotopic (exact) mass is 584 g/mol. The number of ether oxygens (including phenoxy) is 1. The molecular weight excluding hydrogens is 536 g/mol. The van der Waals surface area contributed by atoms with Crippen LogP contribution in [0.5, 0.6) is 0 Å². The molecule has 43 heavy (non-hydrogen) atoms.